The number of unbranched alkanes of at least 4 members (excludes halogenated alkanes) is 6. The third-order valence-electron chi connectivity index (χ3n) is 4.06. The van der Waals surface area contributed by atoms with Crippen molar-refractivity contribution in [2.45, 2.75) is 83.6 Å². The van der Waals surface area contributed by atoms with Gasteiger partial charge in [-0.3, -0.25) is 4.79 Å². The predicted molar refractivity (Wildman–Crippen MR) is 81.0 cm³/mol. The Balaban J connectivity index is 2.31. The van der Waals surface area contributed by atoms with Crippen molar-refractivity contribution in [1.29, 1.82) is 0 Å². The van der Waals surface area contributed by atoms with Crippen LogP contribution in [0.5, 0.6) is 0 Å². The van der Waals surface area contributed by atoms with Crippen molar-refractivity contribution >= 4 is 5.91 Å². The number of nitrogens with two attached hydrogens (primary N) is 1. The largest absolute Gasteiger partial charge is 0.341 e. The molecule has 0 heterocycles. The lowest BCUT2D eigenvalue weighted by atomic mass is 10.1. The summed E-state index contributed by atoms with van der Waals surface area (Å²) in [7, 11) is 0. The Labute approximate surface area is 118 Å². The zero-order valence-corrected chi connectivity index (χ0v) is 12.9. The fourth-order valence-electron chi connectivity index (χ4n) is 2.44. The molecule has 0 unspecified atom stereocenters. The first kappa shape index (κ1) is 16.5. The van der Waals surface area contributed by atoms with Gasteiger partial charge in [0.15, 0.2) is 0 Å². The van der Waals surface area contributed by atoms with Gasteiger partial charge in [-0.2, -0.15) is 0 Å². The molecule has 1 aliphatic carbocycles. The second-order valence-electron chi connectivity index (χ2n) is 6.07. The molecule has 0 radical (unpaired) electrons. The van der Waals surface area contributed by atoms with E-state index in [0.29, 0.717) is 0 Å². The number of hydrogen-bond acceptors (Lipinski definition) is 2. The summed E-state index contributed by atoms with van der Waals surface area (Å²) in [6.45, 7) is 6.24. The number of carbonyl (C=O) groups is 1. The van der Waals surface area contributed by atoms with E-state index in [-0.39, 0.29) is 5.91 Å². The summed E-state index contributed by atoms with van der Waals surface area (Å²) in [6, 6.07) is 0. The molecule has 3 heteroatoms. The Hall–Kier alpha value is -0.570. The molecule has 0 aromatic rings. The summed E-state index contributed by atoms with van der Waals surface area (Å²) in [6.07, 6.45) is 11.5. The molecule has 3 nitrogen and oxygen atoms in total. The highest BCUT2D eigenvalue weighted by Crippen LogP contribution is 2.34. The minimum absolute atomic E-state index is 0.209. The molecule has 1 amide bonds. The quantitative estimate of drug-likeness (QED) is 0.583. The summed E-state index contributed by atoms with van der Waals surface area (Å²) in [5.74, 6) is 0.209. The molecule has 0 aliphatic heterocycles. The fourth-order valence-corrected chi connectivity index (χ4v) is 2.44. The van der Waals surface area contributed by atoms with E-state index in [1.54, 1.807) is 0 Å². The van der Waals surface area contributed by atoms with E-state index in [4.69, 9.17) is 5.73 Å². The highest BCUT2D eigenvalue weighted by molar-refractivity contribution is 5.89. The lowest BCUT2D eigenvalue weighted by Crippen LogP contribution is -2.46. The Kier molecular flexibility index (Phi) is 7.44. The van der Waals surface area contributed by atoms with E-state index in [1.165, 1.54) is 38.5 Å². The number of amides is 1. The maximum absolute atomic E-state index is 12.4. The molecular formula is C16H32N2O. The van der Waals surface area contributed by atoms with Gasteiger partial charge < -0.3 is 10.6 Å². The number of nitrogens with zero attached hydrogens (tertiary/aromatic N) is 1. The predicted octanol–water partition coefficient (Wildman–Crippen LogP) is 3.47. The van der Waals surface area contributed by atoms with Gasteiger partial charge in [-0.05, 0) is 25.7 Å². The minimum atomic E-state index is -0.491. The summed E-state index contributed by atoms with van der Waals surface area (Å²) in [5, 5.41) is 0. The van der Waals surface area contributed by atoms with Crippen molar-refractivity contribution in [3.63, 3.8) is 0 Å². The molecule has 0 saturated heterocycles. The minimum Gasteiger partial charge on any atom is -0.341 e. The molecular weight excluding hydrogens is 236 g/mol. The maximum Gasteiger partial charge on any atom is 0.242 e. The molecule has 2 N–H and O–H groups in total. The Bertz CT molecular complexity index is 249. The van der Waals surface area contributed by atoms with E-state index in [2.05, 4.69) is 13.8 Å². The van der Waals surface area contributed by atoms with Crippen molar-refractivity contribution in [3.05, 3.63) is 0 Å². The van der Waals surface area contributed by atoms with Gasteiger partial charge in [0.25, 0.3) is 0 Å². The average Bonchev–Trinajstić information content (AvgIpc) is 3.15. The van der Waals surface area contributed by atoms with Gasteiger partial charge in [-0.25, -0.2) is 0 Å². The van der Waals surface area contributed by atoms with E-state index in [1.807, 2.05) is 4.90 Å². The van der Waals surface area contributed by atoms with Gasteiger partial charge in [0.2, 0.25) is 5.91 Å². The lowest BCUT2D eigenvalue weighted by molar-refractivity contribution is -0.133. The third-order valence-corrected chi connectivity index (χ3v) is 4.06. The zero-order valence-electron chi connectivity index (χ0n) is 12.9. The molecule has 0 aromatic carbocycles. The van der Waals surface area contributed by atoms with Gasteiger partial charge in [0.05, 0.1) is 5.54 Å². The first-order valence-electron chi connectivity index (χ1n) is 8.22. The van der Waals surface area contributed by atoms with Crippen LogP contribution in [0.3, 0.4) is 0 Å². The summed E-state index contributed by atoms with van der Waals surface area (Å²) in [4.78, 5) is 14.4. The number of hydrogen-bond donors (Lipinski definition) is 1. The van der Waals surface area contributed by atoms with Crippen LogP contribution >= 0.6 is 0 Å². The van der Waals surface area contributed by atoms with Crippen LogP contribution in [0, 0.1) is 0 Å². The van der Waals surface area contributed by atoms with Crippen LogP contribution in [0.2, 0.25) is 0 Å². The third kappa shape index (κ3) is 5.94. The summed E-state index contributed by atoms with van der Waals surface area (Å²) in [5.41, 5.74) is 5.57. The van der Waals surface area contributed by atoms with Crippen molar-refractivity contribution in [2.24, 2.45) is 5.73 Å². The molecule has 0 aromatic heterocycles. The topological polar surface area (TPSA) is 46.3 Å². The first-order valence-corrected chi connectivity index (χ1v) is 8.22. The average molecular weight is 268 g/mol. The van der Waals surface area contributed by atoms with E-state index in [9.17, 15) is 4.79 Å². The number of rotatable bonds is 11. The maximum atomic E-state index is 12.4. The highest BCUT2D eigenvalue weighted by atomic mass is 16.2. The smallest absolute Gasteiger partial charge is 0.242 e. The molecule has 0 bridgehead atoms. The van der Waals surface area contributed by atoms with Crippen LogP contribution in [0.25, 0.3) is 0 Å². The zero-order chi connectivity index (χ0) is 14.1. The van der Waals surface area contributed by atoms with Crippen molar-refractivity contribution in [3.8, 4) is 0 Å². The first-order chi connectivity index (χ1) is 9.14. The van der Waals surface area contributed by atoms with Gasteiger partial charge in [-0.15, -0.1) is 0 Å². The van der Waals surface area contributed by atoms with Crippen LogP contribution in [0.1, 0.15) is 78.1 Å². The van der Waals surface area contributed by atoms with Crippen molar-refractivity contribution < 1.29 is 4.79 Å². The molecule has 1 aliphatic rings. The van der Waals surface area contributed by atoms with Crippen LogP contribution in [-0.2, 0) is 4.79 Å². The Morgan fingerprint density at radius 3 is 1.79 bits per heavy atom. The number of carbonyl (C=O) groups excluding carboxylic acids is 1. The monoisotopic (exact) mass is 268 g/mol. The Morgan fingerprint density at radius 1 is 0.947 bits per heavy atom. The molecule has 1 saturated carbocycles. The van der Waals surface area contributed by atoms with E-state index >= 15 is 0 Å². The van der Waals surface area contributed by atoms with Crippen molar-refractivity contribution in [1.82, 2.24) is 4.90 Å². The van der Waals surface area contributed by atoms with Crippen LogP contribution < -0.4 is 5.73 Å². The SMILES string of the molecule is CCCCCCN(CCCCCC)C(=O)C1(N)CC1. The molecule has 1 fully saturated rings. The second kappa shape index (κ2) is 8.57. The highest BCUT2D eigenvalue weighted by Gasteiger charge is 2.47. The lowest BCUT2D eigenvalue weighted by Gasteiger charge is -2.25. The molecule has 112 valence electrons. The molecule has 0 atom stereocenters. The van der Waals surface area contributed by atoms with E-state index < -0.39 is 5.54 Å². The fraction of sp³-hybridized carbons (Fsp3) is 0.938. The van der Waals surface area contributed by atoms with Gasteiger partial charge in [0.1, 0.15) is 0 Å². The van der Waals surface area contributed by atoms with Gasteiger partial charge >= 0.3 is 0 Å². The molecule has 19 heavy (non-hydrogen) atoms. The van der Waals surface area contributed by atoms with Crippen LogP contribution in [0.4, 0.5) is 0 Å². The van der Waals surface area contributed by atoms with Crippen LogP contribution in [-0.4, -0.2) is 29.4 Å². The van der Waals surface area contributed by atoms with E-state index in [0.717, 1.165) is 38.8 Å². The van der Waals surface area contributed by atoms with Gasteiger partial charge in [0, 0.05) is 13.1 Å². The molecule has 0 spiro atoms. The van der Waals surface area contributed by atoms with Crippen molar-refractivity contribution in [2.75, 3.05) is 13.1 Å². The van der Waals surface area contributed by atoms with Gasteiger partial charge in [-0.1, -0.05) is 52.4 Å². The normalized spacial score (nSPS) is 16.4. The summed E-state index contributed by atoms with van der Waals surface area (Å²) >= 11 is 0. The second-order valence-corrected chi connectivity index (χ2v) is 6.07. The van der Waals surface area contributed by atoms with Crippen LogP contribution in [0.15, 0.2) is 0 Å². The summed E-state index contributed by atoms with van der Waals surface area (Å²) < 4.78 is 0. The Morgan fingerprint density at radius 2 is 1.42 bits per heavy atom. The standard InChI is InChI=1S/C16H32N2O/c1-3-5-7-9-13-18(14-10-8-6-4-2)15(19)16(17)11-12-16/h3-14,17H2,1-2H3. The molecule has 1 rings (SSSR count).